The van der Waals surface area contributed by atoms with E-state index < -0.39 is 5.63 Å². The summed E-state index contributed by atoms with van der Waals surface area (Å²) in [6.07, 6.45) is 2.00. The quantitative estimate of drug-likeness (QED) is 0.544. The summed E-state index contributed by atoms with van der Waals surface area (Å²) in [6.45, 7) is 0. The van der Waals surface area contributed by atoms with Crippen LogP contribution in [0.25, 0.3) is 33.0 Å². The topological polar surface area (TPSA) is 55.4 Å². The van der Waals surface area contributed by atoms with Crippen molar-refractivity contribution in [3.63, 3.8) is 0 Å². The number of phenolic OH excluding ortho intramolecular Hbond substituents is 1. The molecule has 108 valence electrons. The zero-order valence-corrected chi connectivity index (χ0v) is 11.9. The van der Waals surface area contributed by atoms with Crippen LogP contribution >= 0.6 is 0 Å². The molecule has 4 heteroatoms. The van der Waals surface area contributed by atoms with Crippen LogP contribution in [0, 0.1) is 0 Å². The molecule has 0 bridgehead atoms. The van der Waals surface area contributed by atoms with Gasteiger partial charge in [0.1, 0.15) is 11.3 Å². The number of rotatable bonds is 1. The monoisotopic (exact) mass is 291 g/mol. The fourth-order valence-electron chi connectivity index (χ4n) is 2.84. The highest BCUT2D eigenvalue weighted by atomic mass is 16.4. The molecule has 0 unspecified atom stereocenters. The number of benzene rings is 2. The van der Waals surface area contributed by atoms with Crippen LogP contribution < -0.4 is 5.63 Å². The first-order chi connectivity index (χ1) is 10.6. The van der Waals surface area contributed by atoms with E-state index in [1.165, 1.54) is 12.1 Å². The molecule has 2 heterocycles. The molecule has 0 fully saturated rings. The van der Waals surface area contributed by atoms with E-state index in [1.807, 2.05) is 42.1 Å². The summed E-state index contributed by atoms with van der Waals surface area (Å²) in [5.41, 5.74) is 2.86. The van der Waals surface area contributed by atoms with Gasteiger partial charge < -0.3 is 14.1 Å². The van der Waals surface area contributed by atoms with Crippen molar-refractivity contribution < 1.29 is 9.52 Å². The lowest BCUT2D eigenvalue weighted by Gasteiger charge is -2.07. The van der Waals surface area contributed by atoms with Crippen LogP contribution in [-0.2, 0) is 7.05 Å². The van der Waals surface area contributed by atoms with Crippen molar-refractivity contribution in [3.05, 3.63) is 65.1 Å². The Morgan fingerprint density at radius 1 is 1.05 bits per heavy atom. The van der Waals surface area contributed by atoms with E-state index in [2.05, 4.69) is 0 Å². The molecule has 0 atom stereocenters. The second-order valence-corrected chi connectivity index (χ2v) is 5.36. The van der Waals surface area contributed by atoms with E-state index in [-0.39, 0.29) is 5.75 Å². The van der Waals surface area contributed by atoms with Crippen molar-refractivity contribution in [2.75, 3.05) is 0 Å². The first-order valence-corrected chi connectivity index (χ1v) is 6.94. The van der Waals surface area contributed by atoms with Crippen LogP contribution in [0.3, 0.4) is 0 Å². The number of nitrogens with zero attached hydrogens (tertiary/aromatic N) is 1. The minimum Gasteiger partial charge on any atom is -0.508 e. The maximum atomic E-state index is 11.8. The minimum atomic E-state index is -0.402. The van der Waals surface area contributed by atoms with Crippen LogP contribution in [-0.4, -0.2) is 9.67 Å². The summed E-state index contributed by atoms with van der Waals surface area (Å²) < 4.78 is 7.24. The first kappa shape index (κ1) is 12.7. The molecule has 4 rings (SSSR count). The Bertz CT molecular complexity index is 1070. The summed E-state index contributed by atoms with van der Waals surface area (Å²) in [7, 11) is 1.99. The molecule has 2 aromatic heterocycles. The van der Waals surface area contributed by atoms with Crippen LogP contribution in [0.5, 0.6) is 5.75 Å². The lowest BCUT2D eigenvalue weighted by atomic mass is 10.0. The van der Waals surface area contributed by atoms with Crippen molar-refractivity contribution in [2.24, 2.45) is 7.05 Å². The number of fused-ring (bicyclic) bond motifs is 2. The number of hydrogen-bond acceptors (Lipinski definition) is 3. The first-order valence-electron chi connectivity index (χ1n) is 6.94. The van der Waals surface area contributed by atoms with E-state index in [4.69, 9.17) is 4.42 Å². The SMILES string of the molecule is Cn1ccc2cc(-c3cc(=O)oc4ccc(O)cc34)ccc21. The molecule has 0 aliphatic rings. The highest BCUT2D eigenvalue weighted by Gasteiger charge is 2.10. The molecule has 0 saturated heterocycles. The third-order valence-corrected chi connectivity index (χ3v) is 3.92. The summed E-state index contributed by atoms with van der Waals surface area (Å²) in [5, 5.41) is 11.5. The van der Waals surface area contributed by atoms with Crippen molar-refractivity contribution in [2.45, 2.75) is 0 Å². The Morgan fingerprint density at radius 2 is 1.91 bits per heavy atom. The van der Waals surface area contributed by atoms with E-state index in [1.54, 1.807) is 12.1 Å². The molecule has 0 spiro atoms. The van der Waals surface area contributed by atoms with E-state index >= 15 is 0 Å². The van der Waals surface area contributed by atoms with Gasteiger partial charge in [0.15, 0.2) is 0 Å². The summed E-state index contributed by atoms with van der Waals surface area (Å²) in [5.74, 6) is 0.142. The zero-order chi connectivity index (χ0) is 15.3. The smallest absolute Gasteiger partial charge is 0.336 e. The molecular weight excluding hydrogens is 278 g/mol. The molecule has 0 radical (unpaired) electrons. The maximum Gasteiger partial charge on any atom is 0.336 e. The zero-order valence-electron chi connectivity index (χ0n) is 11.9. The van der Waals surface area contributed by atoms with Crippen LogP contribution in [0.1, 0.15) is 0 Å². The van der Waals surface area contributed by atoms with Gasteiger partial charge in [-0.05, 0) is 47.5 Å². The van der Waals surface area contributed by atoms with Gasteiger partial charge in [0.05, 0.1) is 0 Å². The van der Waals surface area contributed by atoms with E-state index in [9.17, 15) is 9.90 Å². The fourth-order valence-corrected chi connectivity index (χ4v) is 2.84. The van der Waals surface area contributed by atoms with Crippen molar-refractivity contribution in [3.8, 4) is 16.9 Å². The van der Waals surface area contributed by atoms with Gasteiger partial charge in [-0.3, -0.25) is 0 Å². The van der Waals surface area contributed by atoms with Gasteiger partial charge in [-0.1, -0.05) is 6.07 Å². The number of phenols is 1. The van der Waals surface area contributed by atoms with Crippen LogP contribution in [0.4, 0.5) is 0 Å². The van der Waals surface area contributed by atoms with Crippen LogP contribution in [0.15, 0.2) is 63.9 Å². The number of aromatic hydroxyl groups is 1. The Morgan fingerprint density at radius 3 is 2.77 bits per heavy atom. The summed E-state index contributed by atoms with van der Waals surface area (Å²) in [4.78, 5) is 11.8. The predicted octanol–water partition coefficient (Wildman–Crippen LogP) is 3.66. The van der Waals surface area contributed by atoms with Gasteiger partial charge in [-0.25, -0.2) is 4.79 Å². The molecule has 1 N–H and O–H groups in total. The molecule has 0 aliphatic heterocycles. The van der Waals surface area contributed by atoms with Gasteiger partial charge in [-0.15, -0.1) is 0 Å². The second kappa shape index (κ2) is 4.49. The number of hydrogen-bond donors (Lipinski definition) is 1. The Balaban J connectivity index is 2.06. The lowest BCUT2D eigenvalue weighted by molar-refractivity contribution is 0.475. The van der Waals surface area contributed by atoms with Gasteiger partial charge in [0.25, 0.3) is 0 Å². The molecule has 0 amide bonds. The largest absolute Gasteiger partial charge is 0.508 e. The van der Waals surface area contributed by atoms with E-state index in [0.29, 0.717) is 5.58 Å². The number of aryl methyl sites for hydroxylation is 1. The molecule has 4 aromatic rings. The van der Waals surface area contributed by atoms with Crippen molar-refractivity contribution in [1.29, 1.82) is 0 Å². The fraction of sp³-hybridized carbons (Fsp3) is 0.0556. The van der Waals surface area contributed by atoms with Gasteiger partial charge in [0.2, 0.25) is 0 Å². The van der Waals surface area contributed by atoms with Crippen molar-refractivity contribution >= 4 is 21.9 Å². The third-order valence-electron chi connectivity index (χ3n) is 3.92. The van der Waals surface area contributed by atoms with Crippen LogP contribution in [0.2, 0.25) is 0 Å². The normalized spacial score (nSPS) is 11.3. The minimum absolute atomic E-state index is 0.142. The average Bonchev–Trinajstić information content (AvgIpc) is 2.88. The Hall–Kier alpha value is -3.01. The Labute approximate surface area is 125 Å². The summed E-state index contributed by atoms with van der Waals surface area (Å²) in [6, 6.07) is 14.3. The average molecular weight is 291 g/mol. The second-order valence-electron chi connectivity index (χ2n) is 5.36. The third kappa shape index (κ3) is 1.89. The molecular formula is C18H13NO3. The van der Waals surface area contributed by atoms with Gasteiger partial charge >= 0.3 is 5.63 Å². The maximum absolute atomic E-state index is 11.8. The lowest BCUT2D eigenvalue weighted by Crippen LogP contribution is -1.98. The van der Waals surface area contributed by atoms with E-state index in [0.717, 1.165) is 27.4 Å². The molecule has 0 aliphatic carbocycles. The summed E-state index contributed by atoms with van der Waals surface area (Å²) >= 11 is 0. The molecule has 22 heavy (non-hydrogen) atoms. The van der Waals surface area contributed by atoms with Gasteiger partial charge in [0, 0.05) is 35.6 Å². The highest BCUT2D eigenvalue weighted by Crippen LogP contribution is 2.31. The number of aromatic nitrogens is 1. The highest BCUT2D eigenvalue weighted by molar-refractivity contribution is 5.96. The van der Waals surface area contributed by atoms with Gasteiger partial charge in [-0.2, -0.15) is 0 Å². The molecule has 0 saturated carbocycles. The Kier molecular flexibility index (Phi) is 2.60. The van der Waals surface area contributed by atoms with Crippen molar-refractivity contribution in [1.82, 2.24) is 4.57 Å². The molecule has 4 nitrogen and oxygen atoms in total. The standard InChI is InChI=1S/C18H13NO3/c1-19-7-6-12-8-11(2-4-16(12)19)14-10-18(21)22-17-5-3-13(20)9-15(14)17/h2-10,20H,1H3. The predicted molar refractivity (Wildman–Crippen MR) is 86.1 cm³/mol. The molecule has 2 aromatic carbocycles.